The fraction of sp³-hybridized carbons (Fsp3) is 0.364. The Morgan fingerprint density at radius 1 is 1.38 bits per heavy atom. The number of rotatable bonds is 2. The van der Waals surface area contributed by atoms with Crippen LogP contribution in [0.2, 0.25) is 0 Å². The Labute approximate surface area is 93.3 Å². The maximum Gasteiger partial charge on any atom is 0.159 e. The number of nitrogen functional groups attached to an aromatic ring is 1. The molecule has 0 unspecified atom stereocenters. The molecule has 0 spiro atoms. The molecule has 5 heteroatoms. The Bertz CT molecular complexity index is 527. The molecule has 5 nitrogen and oxygen atoms in total. The van der Waals surface area contributed by atoms with Crippen LogP contribution in [0.3, 0.4) is 0 Å². The Hall–Kier alpha value is -1.91. The number of nitrogens with two attached hydrogens (primary N) is 1. The first-order valence-corrected chi connectivity index (χ1v) is 5.39. The van der Waals surface area contributed by atoms with Gasteiger partial charge in [-0.2, -0.15) is 5.10 Å². The molecule has 0 bridgehead atoms. The van der Waals surface area contributed by atoms with E-state index in [1.165, 1.54) is 12.8 Å². The van der Waals surface area contributed by atoms with Crippen molar-refractivity contribution in [2.24, 2.45) is 0 Å². The lowest BCUT2D eigenvalue weighted by Gasteiger charge is -2.04. The zero-order chi connectivity index (χ0) is 11.1. The summed E-state index contributed by atoms with van der Waals surface area (Å²) in [6.07, 6.45) is 4.22. The average molecular weight is 215 g/mol. The summed E-state index contributed by atoms with van der Waals surface area (Å²) in [5.74, 6) is 2.62. The predicted octanol–water partition coefficient (Wildman–Crippen LogP) is 1.43. The highest BCUT2D eigenvalue weighted by atomic mass is 15.3. The van der Waals surface area contributed by atoms with E-state index < -0.39 is 0 Å². The fourth-order valence-electron chi connectivity index (χ4n) is 1.66. The standard InChI is InChI=1S/C11H13N5/c1-7-4-5-16(15-7)10-6-9(12)13-11(14-10)8-2-3-8/h4-6,8H,2-3H2,1H3,(H2,12,13,14). The number of hydrogen-bond acceptors (Lipinski definition) is 4. The van der Waals surface area contributed by atoms with E-state index >= 15 is 0 Å². The zero-order valence-electron chi connectivity index (χ0n) is 9.09. The molecule has 0 amide bonds. The smallest absolute Gasteiger partial charge is 0.159 e. The minimum atomic E-state index is 0.499. The maximum absolute atomic E-state index is 5.78. The molecular formula is C11H13N5. The lowest BCUT2D eigenvalue weighted by atomic mass is 10.4. The predicted molar refractivity (Wildman–Crippen MR) is 60.3 cm³/mol. The van der Waals surface area contributed by atoms with Crippen molar-refractivity contribution < 1.29 is 0 Å². The van der Waals surface area contributed by atoms with E-state index in [4.69, 9.17) is 5.73 Å². The molecule has 0 aromatic carbocycles. The Kier molecular flexibility index (Phi) is 1.92. The van der Waals surface area contributed by atoms with E-state index in [9.17, 15) is 0 Å². The highest BCUT2D eigenvalue weighted by Crippen LogP contribution is 2.38. The second kappa shape index (κ2) is 3.30. The normalized spacial score (nSPS) is 15.3. The van der Waals surface area contributed by atoms with Crippen LogP contribution in [0.5, 0.6) is 0 Å². The molecule has 1 aliphatic rings. The topological polar surface area (TPSA) is 69.6 Å². The maximum atomic E-state index is 5.78. The molecule has 1 saturated carbocycles. The molecule has 0 atom stereocenters. The van der Waals surface area contributed by atoms with Gasteiger partial charge in [-0.25, -0.2) is 14.6 Å². The second-order valence-corrected chi connectivity index (χ2v) is 4.19. The molecule has 0 aliphatic heterocycles. The summed E-state index contributed by atoms with van der Waals surface area (Å²) in [5.41, 5.74) is 6.74. The molecule has 16 heavy (non-hydrogen) atoms. The summed E-state index contributed by atoms with van der Waals surface area (Å²) >= 11 is 0. The Morgan fingerprint density at radius 2 is 2.19 bits per heavy atom. The molecule has 1 aliphatic carbocycles. The number of aromatic nitrogens is 4. The third kappa shape index (κ3) is 1.64. The van der Waals surface area contributed by atoms with Gasteiger partial charge in [0, 0.05) is 18.2 Å². The van der Waals surface area contributed by atoms with Crippen LogP contribution < -0.4 is 5.73 Å². The molecular weight excluding hydrogens is 202 g/mol. The second-order valence-electron chi connectivity index (χ2n) is 4.19. The minimum Gasteiger partial charge on any atom is -0.384 e. The molecule has 2 N–H and O–H groups in total. The number of nitrogens with zero attached hydrogens (tertiary/aromatic N) is 4. The van der Waals surface area contributed by atoms with Crippen molar-refractivity contribution in [2.75, 3.05) is 5.73 Å². The van der Waals surface area contributed by atoms with Gasteiger partial charge in [-0.15, -0.1) is 0 Å². The lowest BCUT2D eigenvalue weighted by Crippen LogP contribution is -2.05. The molecule has 0 saturated heterocycles. The number of aryl methyl sites for hydroxylation is 1. The molecule has 3 rings (SSSR count). The molecule has 82 valence electrons. The first-order chi connectivity index (χ1) is 7.72. The SMILES string of the molecule is Cc1ccn(-c2cc(N)nc(C3CC3)n2)n1. The van der Waals surface area contributed by atoms with Crippen molar-refractivity contribution >= 4 is 5.82 Å². The van der Waals surface area contributed by atoms with Gasteiger partial charge in [-0.1, -0.05) is 0 Å². The van der Waals surface area contributed by atoms with E-state index in [1.54, 1.807) is 10.7 Å². The van der Waals surface area contributed by atoms with Crippen molar-refractivity contribution in [1.29, 1.82) is 0 Å². The zero-order valence-corrected chi connectivity index (χ0v) is 9.09. The van der Waals surface area contributed by atoms with Crippen LogP contribution in [0, 0.1) is 6.92 Å². The quantitative estimate of drug-likeness (QED) is 0.822. The van der Waals surface area contributed by atoms with Crippen LogP contribution in [0.4, 0.5) is 5.82 Å². The molecule has 0 radical (unpaired) electrons. The molecule has 2 heterocycles. The van der Waals surface area contributed by atoms with Gasteiger partial charge in [0.05, 0.1) is 5.69 Å². The van der Waals surface area contributed by atoms with E-state index in [-0.39, 0.29) is 0 Å². The average Bonchev–Trinajstić information content (AvgIpc) is 3.01. The van der Waals surface area contributed by atoms with Gasteiger partial charge in [0.1, 0.15) is 11.6 Å². The molecule has 2 aromatic heterocycles. The minimum absolute atomic E-state index is 0.499. The van der Waals surface area contributed by atoms with E-state index in [1.807, 2.05) is 19.2 Å². The van der Waals surface area contributed by atoms with E-state index in [0.29, 0.717) is 11.7 Å². The summed E-state index contributed by atoms with van der Waals surface area (Å²) in [6.45, 7) is 1.95. The third-order valence-electron chi connectivity index (χ3n) is 2.65. The van der Waals surface area contributed by atoms with Crippen molar-refractivity contribution in [3.63, 3.8) is 0 Å². The van der Waals surface area contributed by atoms with Gasteiger partial charge in [-0.3, -0.25) is 0 Å². The van der Waals surface area contributed by atoms with Crippen LogP contribution in [0.25, 0.3) is 5.82 Å². The third-order valence-corrected chi connectivity index (χ3v) is 2.65. The van der Waals surface area contributed by atoms with Crippen LogP contribution in [0.15, 0.2) is 18.3 Å². The summed E-state index contributed by atoms with van der Waals surface area (Å²) in [5, 5.41) is 4.31. The van der Waals surface area contributed by atoms with Gasteiger partial charge in [-0.05, 0) is 25.8 Å². The lowest BCUT2D eigenvalue weighted by molar-refractivity contribution is 0.802. The van der Waals surface area contributed by atoms with Crippen molar-refractivity contribution in [3.8, 4) is 5.82 Å². The highest BCUT2D eigenvalue weighted by molar-refractivity contribution is 5.38. The largest absolute Gasteiger partial charge is 0.384 e. The number of anilines is 1. The summed E-state index contributed by atoms with van der Waals surface area (Å²) < 4.78 is 1.74. The van der Waals surface area contributed by atoms with Crippen LogP contribution >= 0.6 is 0 Å². The van der Waals surface area contributed by atoms with Gasteiger partial charge < -0.3 is 5.73 Å². The van der Waals surface area contributed by atoms with Crippen molar-refractivity contribution in [2.45, 2.75) is 25.7 Å². The fourth-order valence-corrected chi connectivity index (χ4v) is 1.66. The Balaban J connectivity index is 2.06. The van der Waals surface area contributed by atoms with Gasteiger partial charge >= 0.3 is 0 Å². The highest BCUT2D eigenvalue weighted by Gasteiger charge is 2.27. The summed E-state index contributed by atoms with van der Waals surface area (Å²) in [6, 6.07) is 3.69. The van der Waals surface area contributed by atoms with Crippen LogP contribution in [-0.2, 0) is 0 Å². The molecule has 2 aromatic rings. The summed E-state index contributed by atoms with van der Waals surface area (Å²) in [7, 11) is 0. The van der Waals surface area contributed by atoms with Crippen molar-refractivity contribution in [3.05, 3.63) is 29.8 Å². The number of hydrogen-bond donors (Lipinski definition) is 1. The van der Waals surface area contributed by atoms with Gasteiger partial charge in [0.25, 0.3) is 0 Å². The van der Waals surface area contributed by atoms with Crippen LogP contribution in [0.1, 0.15) is 30.3 Å². The first-order valence-electron chi connectivity index (χ1n) is 5.39. The monoisotopic (exact) mass is 215 g/mol. The van der Waals surface area contributed by atoms with Crippen molar-refractivity contribution in [1.82, 2.24) is 19.7 Å². The van der Waals surface area contributed by atoms with Gasteiger partial charge in [0.2, 0.25) is 0 Å². The van der Waals surface area contributed by atoms with Crippen LogP contribution in [-0.4, -0.2) is 19.7 Å². The Morgan fingerprint density at radius 3 is 2.81 bits per heavy atom. The summed E-state index contributed by atoms with van der Waals surface area (Å²) in [4.78, 5) is 8.74. The first kappa shape index (κ1) is 9.33. The molecule has 1 fully saturated rings. The van der Waals surface area contributed by atoms with E-state index in [0.717, 1.165) is 17.3 Å². The van der Waals surface area contributed by atoms with E-state index in [2.05, 4.69) is 15.1 Å². The van der Waals surface area contributed by atoms with Gasteiger partial charge in [0.15, 0.2) is 5.82 Å².